The Morgan fingerprint density at radius 3 is 2.12 bits per heavy atom. The molecule has 6 rings (SSSR count). The molecule has 3 heteroatoms. The third kappa shape index (κ3) is 2.00. The van der Waals surface area contributed by atoms with Crippen LogP contribution in [0.5, 0.6) is 0 Å². The molecule has 0 fully saturated rings. The highest BCUT2D eigenvalue weighted by atomic mass is 32.2. The predicted octanol–water partition coefficient (Wildman–Crippen LogP) is 7.09. The summed E-state index contributed by atoms with van der Waals surface area (Å²) >= 11 is 3.75. The molecular weight excluding hydrogens is 342 g/mol. The highest BCUT2D eigenvalue weighted by molar-refractivity contribution is 8.05. The van der Waals surface area contributed by atoms with Crippen LogP contribution in [-0.4, -0.2) is 4.98 Å². The Hall–Kier alpha value is -2.36. The molecule has 0 radical (unpaired) electrons. The number of aromatic nitrogens is 1. The molecule has 1 aromatic heterocycles. The lowest BCUT2D eigenvalue weighted by Gasteiger charge is -2.18. The molecule has 1 nitrogen and oxygen atoms in total. The summed E-state index contributed by atoms with van der Waals surface area (Å²) in [5, 5.41) is 5.26. The summed E-state index contributed by atoms with van der Waals surface area (Å²) in [5.74, 6) is 0. The number of H-pyrrole nitrogens is 1. The molecule has 0 amide bonds. The maximum Gasteiger partial charge on any atom is 0.0477 e. The number of nitrogens with one attached hydrogen (secondary N) is 1. The van der Waals surface area contributed by atoms with Crippen LogP contribution in [0.1, 0.15) is 0 Å². The Balaban J connectivity index is 1.68. The van der Waals surface area contributed by atoms with Gasteiger partial charge in [-0.05, 0) is 41.1 Å². The summed E-state index contributed by atoms with van der Waals surface area (Å²) in [6.07, 6.45) is 0. The van der Waals surface area contributed by atoms with Gasteiger partial charge in [0.25, 0.3) is 0 Å². The molecular formula is C22H13NS2. The van der Waals surface area contributed by atoms with Crippen LogP contribution in [0, 0.1) is 0 Å². The fraction of sp³-hybridized carbons (Fsp3) is 0. The van der Waals surface area contributed by atoms with Gasteiger partial charge in [-0.2, -0.15) is 0 Å². The number of benzene rings is 4. The minimum Gasteiger partial charge on any atom is -0.354 e. The third-order valence-electron chi connectivity index (χ3n) is 4.84. The zero-order valence-corrected chi connectivity index (χ0v) is 14.9. The van der Waals surface area contributed by atoms with Gasteiger partial charge in [0.15, 0.2) is 0 Å². The lowest BCUT2D eigenvalue weighted by atomic mass is 10.0. The predicted molar refractivity (Wildman–Crippen MR) is 108 cm³/mol. The summed E-state index contributed by atoms with van der Waals surface area (Å²) in [4.78, 5) is 9.01. The normalized spacial score (nSPS) is 13.3. The molecule has 118 valence electrons. The summed E-state index contributed by atoms with van der Waals surface area (Å²) < 4.78 is 0. The molecule has 0 atom stereocenters. The Labute approximate surface area is 153 Å². The minimum absolute atomic E-state index is 1.21. The Morgan fingerprint density at radius 2 is 1.28 bits per heavy atom. The largest absolute Gasteiger partial charge is 0.354 e. The molecule has 25 heavy (non-hydrogen) atoms. The van der Waals surface area contributed by atoms with Crippen molar-refractivity contribution >= 4 is 56.1 Å². The summed E-state index contributed by atoms with van der Waals surface area (Å²) in [5.41, 5.74) is 2.43. The van der Waals surface area contributed by atoms with Crippen molar-refractivity contribution in [1.82, 2.24) is 4.98 Å². The van der Waals surface area contributed by atoms with Crippen LogP contribution in [0.15, 0.2) is 92.4 Å². The van der Waals surface area contributed by atoms with Crippen LogP contribution in [0.25, 0.3) is 32.6 Å². The van der Waals surface area contributed by atoms with Crippen LogP contribution in [0.4, 0.5) is 0 Å². The van der Waals surface area contributed by atoms with Crippen molar-refractivity contribution in [3.8, 4) is 0 Å². The highest BCUT2D eigenvalue weighted by Crippen LogP contribution is 2.50. The average Bonchev–Trinajstić information content (AvgIpc) is 3.02. The molecule has 4 aromatic carbocycles. The van der Waals surface area contributed by atoms with E-state index in [1.54, 1.807) is 0 Å². The second-order valence-electron chi connectivity index (χ2n) is 6.33. The number of rotatable bonds is 0. The van der Waals surface area contributed by atoms with E-state index in [1.807, 2.05) is 23.5 Å². The molecule has 0 aliphatic carbocycles. The second-order valence-corrected chi connectivity index (χ2v) is 8.50. The van der Waals surface area contributed by atoms with Gasteiger partial charge in [0.1, 0.15) is 0 Å². The smallest absolute Gasteiger partial charge is 0.0477 e. The third-order valence-corrected chi connectivity index (χ3v) is 7.37. The second kappa shape index (κ2) is 5.07. The van der Waals surface area contributed by atoms with Crippen molar-refractivity contribution in [2.24, 2.45) is 0 Å². The topological polar surface area (TPSA) is 15.8 Å². The van der Waals surface area contributed by atoms with E-state index in [9.17, 15) is 0 Å². The van der Waals surface area contributed by atoms with Crippen molar-refractivity contribution in [3.05, 3.63) is 72.8 Å². The molecule has 5 aromatic rings. The van der Waals surface area contributed by atoms with E-state index in [0.29, 0.717) is 0 Å². The Bertz CT molecular complexity index is 1300. The number of hydrogen-bond donors (Lipinski definition) is 1. The van der Waals surface area contributed by atoms with Crippen LogP contribution in [0.2, 0.25) is 0 Å². The van der Waals surface area contributed by atoms with E-state index in [-0.39, 0.29) is 0 Å². The molecule has 0 bridgehead atoms. The van der Waals surface area contributed by atoms with Gasteiger partial charge in [-0.25, -0.2) is 0 Å². The average molecular weight is 355 g/mol. The van der Waals surface area contributed by atoms with Gasteiger partial charge >= 0.3 is 0 Å². The Morgan fingerprint density at radius 1 is 0.560 bits per heavy atom. The van der Waals surface area contributed by atoms with E-state index in [1.165, 1.54) is 52.2 Å². The van der Waals surface area contributed by atoms with Crippen LogP contribution in [0.3, 0.4) is 0 Å². The van der Waals surface area contributed by atoms with E-state index < -0.39 is 0 Å². The molecule has 0 spiro atoms. The molecule has 1 aliphatic rings. The fourth-order valence-corrected chi connectivity index (χ4v) is 5.97. The monoisotopic (exact) mass is 355 g/mol. The van der Waals surface area contributed by atoms with Gasteiger partial charge in [0.2, 0.25) is 0 Å². The van der Waals surface area contributed by atoms with Crippen molar-refractivity contribution in [2.75, 3.05) is 0 Å². The standard InChI is InChI=1S/C22H13NS2/c1-2-6-14-13(5-1)9-10-16-22(14)15-11-20-21(12-17(15)23-16)25-19-8-4-3-7-18(19)24-20/h1-12,23H. The fourth-order valence-electron chi connectivity index (χ4n) is 3.70. The minimum atomic E-state index is 1.21. The first-order valence-electron chi connectivity index (χ1n) is 8.29. The molecule has 1 aliphatic heterocycles. The van der Waals surface area contributed by atoms with E-state index >= 15 is 0 Å². The van der Waals surface area contributed by atoms with Crippen LogP contribution < -0.4 is 0 Å². The molecule has 2 heterocycles. The maximum atomic E-state index is 3.62. The maximum absolute atomic E-state index is 3.62. The molecule has 0 unspecified atom stereocenters. The SMILES string of the molecule is c1ccc2c(c1)Sc1cc3[nH]c4ccc5ccccc5c4c3cc1S2. The van der Waals surface area contributed by atoms with Gasteiger partial charge in [0.05, 0.1) is 0 Å². The number of aromatic amines is 1. The number of hydrogen-bond acceptors (Lipinski definition) is 2. The van der Waals surface area contributed by atoms with Crippen LogP contribution in [-0.2, 0) is 0 Å². The van der Waals surface area contributed by atoms with E-state index in [4.69, 9.17) is 0 Å². The van der Waals surface area contributed by atoms with Crippen molar-refractivity contribution in [2.45, 2.75) is 19.6 Å². The van der Waals surface area contributed by atoms with Crippen molar-refractivity contribution in [3.63, 3.8) is 0 Å². The number of fused-ring (bicyclic) bond motifs is 7. The first-order chi connectivity index (χ1) is 12.4. The molecule has 1 N–H and O–H groups in total. The highest BCUT2D eigenvalue weighted by Gasteiger charge is 2.19. The van der Waals surface area contributed by atoms with Gasteiger partial charge < -0.3 is 4.98 Å². The van der Waals surface area contributed by atoms with E-state index in [0.717, 1.165) is 0 Å². The van der Waals surface area contributed by atoms with Gasteiger partial charge in [-0.1, -0.05) is 66.0 Å². The first kappa shape index (κ1) is 13.9. The summed E-state index contributed by atoms with van der Waals surface area (Å²) in [6, 6.07) is 26.4. The van der Waals surface area contributed by atoms with Gasteiger partial charge in [-0.15, -0.1) is 0 Å². The Kier molecular flexibility index (Phi) is 2.81. The summed E-state index contributed by atoms with van der Waals surface area (Å²) in [6.45, 7) is 0. The lowest BCUT2D eigenvalue weighted by molar-refractivity contribution is 1.17. The quantitative estimate of drug-likeness (QED) is 0.313. The first-order valence-corrected chi connectivity index (χ1v) is 9.92. The van der Waals surface area contributed by atoms with Crippen molar-refractivity contribution in [1.29, 1.82) is 0 Å². The van der Waals surface area contributed by atoms with E-state index in [2.05, 4.69) is 77.8 Å². The zero-order valence-electron chi connectivity index (χ0n) is 13.2. The zero-order chi connectivity index (χ0) is 16.4. The van der Waals surface area contributed by atoms with Gasteiger partial charge in [-0.3, -0.25) is 0 Å². The van der Waals surface area contributed by atoms with Gasteiger partial charge in [0, 0.05) is 41.4 Å². The molecule has 0 saturated carbocycles. The lowest BCUT2D eigenvalue weighted by Crippen LogP contribution is -1.89. The van der Waals surface area contributed by atoms with Crippen LogP contribution >= 0.6 is 23.5 Å². The molecule has 0 saturated heterocycles. The summed E-state index contributed by atoms with van der Waals surface area (Å²) in [7, 11) is 0. The van der Waals surface area contributed by atoms with Crippen molar-refractivity contribution < 1.29 is 0 Å².